The van der Waals surface area contributed by atoms with E-state index in [1.165, 1.54) is 7.11 Å². The zero-order valence-corrected chi connectivity index (χ0v) is 20.0. The Morgan fingerprint density at radius 2 is 1.61 bits per heavy atom. The van der Waals surface area contributed by atoms with Crippen molar-refractivity contribution in [2.24, 2.45) is 5.10 Å². The third kappa shape index (κ3) is 6.34. The van der Waals surface area contributed by atoms with Crippen molar-refractivity contribution in [1.82, 2.24) is 5.43 Å². The van der Waals surface area contributed by atoms with E-state index in [-0.39, 0.29) is 6.61 Å². The van der Waals surface area contributed by atoms with Crippen LogP contribution < -0.4 is 14.9 Å². The fourth-order valence-corrected chi connectivity index (χ4v) is 3.81. The van der Waals surface area contributed by atoms with Crippen LogP contribution in [-0.2, 0) is 13.2 Å². The molecule has 3 aromatic rings. The maximum Gasteiger partial charge on any atom is 0.180 e. The molecule has 0 saturated carbocycles. The number of methoxy groups -OCH3 is 1. The molecule has 0 atom stereocenters. The van der Waals surface area contributed by atoms with Crippen molar-refractivity contribution in [2.75, 3.05) is 7.11 Å². The van der Waals surface area contributed by atoms with Gasteiger partial charge in [-0.25, -0.2) is 0 Å². The molecule has 0 radical (unpaired) electrons. The van der Waals surface area contributed by atoms with Gasteiger partial charge in [-0.15, -0.1) is 0 Å². The van der Waals surface area contributed by atoms with Crippen molar-refractivity contribution in [3.8, 4) is 11.5 Å². The van der Waals surface area contributed by atoms with Crippen LogP contribution in [0.25, 0.3) is 0 Å². The van der Waals surface area contributed by atoms with Crippen molar-refractivity contribution in [2.45, 2.75) is 13.2 Å². The van der Waals surface area contributed by atoms with Gasteiger partial charge in [-0.2, -0.15) is 5.10 Å². The minimum atomic E-state index is 0.251. The van der Waals surface area contributed by atoms with E-state index in [1.54, 1.807) is 48.7 Å². The fraction of sp³-hybridized carbons (Fsp3) is 0.136. The van der Waals surface area contributed by atoms with E-state index in [0.717, 1.165) is 16.7 Å². The SMILES string of the molecule is COc1cc(/C=N/NCc2c(Cl)cccc2Cl)cc(Cl)c1OCc1ccc(Cl)c(Cl)c1. The summed E-state index contributed by atoms with van der Waals surface area (Å²) in [6, 6.07) is 14.1. The molecule has 1 N–H and O–H groups in total. The van der Waals surface area contributed by atoms with Crippen LogP contribution in [0.5, 0.6) is 11.5 Å². The summed E-state index contributed by atoms with van der Waals surface area (Å²) in [5.74, 6) is 0.895. The number of benzene rings is 3. The van der Waals surface area contributed by atoms with Crippen LogP contribution >= 0.6 is 58.0 Å². The number of hydrogen-bond acceptors (Lipinski definition) is 4. The van der Waals surface area contributed by atoms with E-state index >= 15 is 0 Å². The number of hydrazone groups is 1. The number of nitrogens with zero attached hydrogens (tertiary/aromatic N) is 1. The van der Waals surface area contributed by atoms with Crippen LogP contribution in [0.4, 0.5) is 0 Å². The van der Waals surface area contributed by atoms with Crippen molar-refractivity contribution in [3.63, 3.8) is 0 Å². The van der Waals surface area contributed by atoms with E-state index < -0.39 is 0 Å². The van der Waals surface area contributed by atoms with Gasteiger partial charge in [0.05, 0.1) is 34.9 Å². The summed E-state index contributed by atoms with van der Waals surface area (Å²) in [6.45, 7) is 0.630. The molecule has 0 amide bonds. The molecule has 0 bridgehead atoms. The van der Waals surface area contributed by atoms with Crippen molar-refractivity contribution < 1.29 is 9.47 Å². The molecule has 0 heterocycles. The second kappa shape index (κ2) is 11.2. The average molecular weight is 519 g/mol. The van der Waals surface area contributed by atoms with Gasteiger partial charge in [0.15, 0.2) is 11.5 Å². The smallest absolute Gasteiger partial charge is 0.180 e. The summed E-state index contributed by atoms with van der Waals surface area (Å²) in [7, 11) is 1.54. The first-order chi connectivity index (χ1) is 14.9. The molecular weight excluding hydrogens is 502 g/mol. The minimum absolute atomic E-state index is 0.251. The lowest BCUT2D eigenvalue weighted by Gasteiger charge is -2.13. The maximum atomic E-state index is 6.42. The van der Waals surface area contributed by atoms with Crippen molar-refractivity contribution >= 4 is 64.2 Å². The number of hydrogen-bond donors (Lipinski definition) is 1. The third-order valence-electron chi connectivity index (χ3n) is 4.24. The highest BCUT2D eigenvalue weighted by atomic mass is 35.5. The highest BCUT2D eigenvalue weighted by Gasteiger charge is 2.12. The lowest BCUT2D eigenvalue weighted by atomic mass is 10.2. The van der Waals surface area contributed by atoms with Crippen LogP contribution in [0.15, 0.2) is 53.6 Å². The summed E-state index contributed by atoms with van der Waals surface area (Å²) in [6.07, 6.45) is 1.61. The van der Waals surface area contributed by atoms with Gasteiger partial charge in [0.25, 0.3) is 0 Å². The van der Waals surface area contributed by atoms with Crippen LogP contribution in [0, 0.1) is 0 Å². The van der Waals surface area contributed by atoms with Gasteiger partial charge in [-0.05, 0) is 47.5 Å². The first kappa shape index (κ1) is 23.8. The summed E-state index contributed by atoms with van der Waals surface area (Å²) >= 11 is 30.7. The Kier molecular flexibility index (Phi) is 8.58. The summed E-state index contributed by atoms with van der Waals surface area (Å²) < 4.78 is 11.3. The van der Waals surface area contributed by atoms with Crippen LogP contribution in [0.2, 0.25) is 25.1 Å². The normalized spacial score (nSPS) is 11.0. The molecule has 0 saturated heterocycles. The van der Waals surface area contributed by atoms with E-state index in [0.29, 0.717) is 43.2 Å². The molecule has 3 rings (SSSR count). The van der Waals surface area contributed by atoms with Gasteiger partial charge in [-0.3, -0.25) is 0 Å². The summed E-state index contributed by atoms with van der Waals surface area (Å²) in [5.41, 5.74) is 5.26. The maximum absolute atomic E-state index is 6.42. The molecule has 4 nitrogen and oxygen atoms in total. The van der Waals surface area contributed by atoms with Crippen LogP contribution in [0.3, 0.4) is 0 Å². The molecule has 3 aromatic carbocycles. The highest BCUT2D eigenvalue weighted by Crippen LogP contribution is 2.37. The minimum Gasteiger partial charge on any atom is -0.493 e. The Bertz CT molecular complexity index is 1090. The molecule has 0 spiro atoms. The fourth-order valence-electron chi connectivity index (χ4n) is 2.69. The first-order valence-corrected chi connectivity index (χ1v) is 10.9. The summed E-state index contributed by atoms with van der Waals surface area (Å²) in [4.78, 5) is 0. The average Bonchev–Trinajstić information content (AvgIpc) is 2.74. The van der Waals surface area contributed by atoms with Gasteiger partial charge in [0.2, 0.25) is 0 Å². The Hall–Kier alpha value is -1.82. The molecule has 9 heteroatoms. The molecular formula is C22H17Cl5N2O2. The van der Waals surface area contributed by atoms with Gasteiger partial charge in [0, 0.05) is 15.6 Å². The first-order valence-electron chi connectivity index (χ1n) is 9.02. The van der Waals surface area contributed by atoms with Gasteiger partial charge < -0.3 is 14.9 Å². The molecule has 0 aliphatic rings. The quantitative estimate of drug-likeness (QED) is 0.246. The topological polar surface area (TPSA) is 42.8 Å². The third-order valence-corrected chi connectivity index (χ3v) is 5.97. The van der Waals surface area contributed by atoms with Gasteiger partial charge in [0.1, 0.15) is 6.61 Å². The van der Waals surface area contributed by atoms with E-state index in [1.807, 2.05) is 6.07 Å². The molecule has 0 aromatic heterocycles. The van der Waals surface area contributed by atoms with Crippen molar-refractivity contribution in [3.05, 3.63) is 90.3 Å². The Labute approximate surface area is 205 Å². The zero-order valence-electron chi connectivity index (χ0n) is 16.3. The van der Waals surface area contributed by atoms with Gasteiger partial charge >= 0.3 is 0 Å². The van der Waals surface area contributed by atoms with E-state index in [4.69, 9.17) is 67.5 Å². The van der Waals surface area contributed by atoms with Gasteiger partial charge in [-0.1, -0.05) is 70.1 Å². The molecule has 0 fully saturated rings. The predicted octanol–water partition coefficient (Wildman–Crippen LogP) is 7.66. The summed E-state index contributed by atoms with van der Waals surface area (Å²) in [5, 5.41) is 6.67. The Morgan fingerprint density at radius 3 is 2.29 bits per heavy atom. The second-order valence-electron chi connectivity index (χ2n) is 6.36. The van der Waals surface area contributed by atoms with Crippen LogP contribution in [-0.4, -0.2) is 13.3 Å². The number of nitrogens with one attached hydrogen (secondary N) is 1. The largest absolute Gasteiger partial charge is 0.493 e. The van der Waals surface area contributed by atoms with E-state index in [9.17, 15) is 0 Å². The Balaban J connectivity index is 1.68. The van der Waals surface area contributed by atoms with Crippen molar-refractivity contribution in [1.29, 1.82) is 0 Å². The highest BCUT2D eigenvalue weighted by molar-refractivity contribution is 6.42. The number of ether oxygens (including phenoxy) is 2. The zero-order chi connectivity index (χ0) is 22.4. The standard InChI is InChI=1S/C22H17Cl5N2O2/c1-30-21-9-14(10-28-29-11-15-16(23)3-2-4-17(15)24)8-20(27)22(21)31-12-13-5-6-18(25)19(26)7-13/h2-10,29H,11-12H2,1H3/b28-10+. The number of rotatable bonds is 8. The lowest BCUT2D eigenvalue weighted by Crippen LogP contribution is -2.07. The molecule has 31 heavy (non-hydrogen) atoms. The Morgan fingerprint density at radius 1 is 0.871 bits per heavy atom. The van der Waals surface area contributed by atoms with E-state index in [2.05, 4.69) is 10.5 Å². The molecule has 0 aliphatic carbocycles. The van der Waals surface area contributed by atoms with Crippen LogP contribution in [0.1, 0.15) is 16.7 Å². The molecule has 0 aliphatic heterocycles. The second-order valence-corrected chi connectivity index (χ2v) is 8.40. The monoisotopic (exact) mass is 516 g/mol. The number of halogens is 5. The predicted molar refractivity (Wildman–Crippen MR) is 130 cm³/mol. The molecule has 0 unspecified atom stereocenters. The lowest BCUT2D eigenvalue weighted by molar-refractivity contribution is 0.284. The molecule has 162 valence electrons.